The van der Waals surface area contributed by atoms with Crippen LogP contribution in [0, 0.1) is 6.92 Å². The topological polar surface area (TPSA) is 35.2 Å². The lowest BCUT2D eigenvalue weighted by molar-refractivity contribution is 0.300. The summed E-state index contributed by atoms with van der Waals surface area (Å²) >= 11 is 0. The molecule has 0 atom stereocenters. The summed E-state index contributed by atoms with van der Waals surface area (Å²) in [5.74, 6) is 0.987. The summed E-state index contributed by atoms with van der Waals surface area (Å²) in [7, 11) is 0. The highest BCUT2D eigenvalue weighted by Crippen LogP contribution is 2.23. The van der Waals surface area contributed by atoms with Crippen molar-refractivity contribution in [2.45, 2.75) is 46.1 Å². The van der Waals surface area contributed by atoms with Gasteiger partial charge in [0.25, 0.3) is 0 Å². The van der Waals surface area contributed by atoms with Gasteiger partial charge in [0.1, 0.15) is 5.75 Å². The first-order chi connectivity index (χ1) is 7.79. The number of hydrogen-bond donors (Lipinski definition) is 1. The van der Waals surface area contributed by atoms with Gasteiger partial charge in [0.05, 0.1) is 6.61 Å². The second kappa shape index (κ2) is 7.29. The second-order valence-corrected chi connectivity index (χ2v) is 4.18. The summed E-state index contributed by atoms with van der Waals surface area (Å²) in [5, 5.41) is 0. The van der Waals surface area contributed by atoms with Crippen LogP contribution in [0.15, 0.2) is 18.2 Å². The van der Waals surface area contributed by atoms with Gasteiger partial charge in [-0.25, -0.2) is 0 Å². The van der Waals surface area contributed by atoms with Crippen LogP contribution in [0.4, 0.5) is 0 Å². The van der Waals surface area contributed by atoms with Crippen molar-refractivity contribution in [3.8, 4) is 5.75 Å². The van der Waals surface area contributed by atoms with E-state index in [2.05, 4.69) is 19.9 Å². The van der Waals surface area contributed by atoms with Gasteiger partial charge in [-0.1, -0.05) is 44.4 Å². The minimum atomic E-state index is 0.548. The van der Waals surface area contributed by atoms with Gasteiger partial charge in [0.2, 0.25) is 0 Å². The SMILES string of the molecule is CCCCCCOc1c(C)cccc1CN. The van der Waals surface area contributed by atoms with Crippen LogP contribution in [0.3, 0.4) is 0 Å². The molecule has 1 aromatic rings. The standard InChI is InChI=1S/C14H23NO/c1-3-4-5-6-10-16-14-12(2)8-7-9-13(14)11-15/h7-9H,3-6,10-11,15H2,1-2H3. The number of benzene rings is 1. The number of hydrogen-bond acceptors (Lipinski definition) is 2. The van der Waals surface area contributed by atoms with Gasteiger partial charge in [0.15, 0.2) is 0 Å². The van der Waals surface area contributed by atoms with E-state index in [1.54, 1.807) is 0 Å². The Bertz CT molecular complexity index is 310. The first-order valence-electron chi connectivity index (χ1n) is 6.21. The van der Waals surface area contributed by atoms with Crippen LogP contribution in [0.1, 0.15) is 43.7 Å². The molecule has 1 rings (SSSR count). The molecular weight excluding hydrogens is 198 g/mol. The van der Waals surface area contributed by atoms with E-state index in [1.165, 1.54) is 24.8 Å². The van der Waals surface area contributed by atoms with E-state index >= 15 is 0 Å². The molecule has 0 amide bonds. The Labute approximate surface area is 98.8 Å². The minimum Gasteiger partial charge on any atom is -0.493 e. The first-order valence-corrected chi connectivity index (χ1v) is 6.21. The highest BCUT2D eigenvalue weighted by atomic mass is 16.5. The maximum Gasteiger partial charge on any atom is 0.126 e. The van der Waals surface area contributed by atoms with Crippen LogP contribution in [-0.4, -0.2) is 6.61 Å². The number of para-hydroxylation sites is 1. The Kier molecular flexibility index (Phi) is 5.94. The lowest BCUT2D eigenvalue weighted by Crippen LogP contribution is -2.05. The van der Waals surface area contributed by atoms with Crippen molar-refractivity contribution in [3.63, 3.8) is 0 Å². The molecule has 0 saturated heterocycles. The second-order valence-electron chi connectivity index (χ2n) is 4.18. The summed E-state index contributed by atoms with van der Waals surface area (Å²) in [6.07, 6.45) is 4.94. The summed E-state index contributed by atoms with van der Waals surface area (Å²) in [5.41, 5.74) is 7.98. The van der Waals surface area contributed by atoms with Crippen LogP contribution in [0.25, 0.3) is 0 Å². The maximum absolute atomic E-state index is 5.83. The molecule has 0 bridgehead atoms. The van der Waals surface area contributed by atoms with Crippen molar-refractivity contribution in [2.24, 2.45) is 5.73 Å². The summed E-state index contributed by atoms with van der Waals surface area (Å²) in [6, 6.07) is 6.14. The molecule has 0 spiro atoms. The molecule has 2 heteroatoms. The van der Waals surface area contributed by atoms with Crippen molar-refractivity contribution in [2.75, 3.05) is 6.61 Å². The molecule has 2 N–H and O–H groups in total. The smallest absolute Gasteiger partial charge is 0.126 e. The molecule has 0 fully saturated rings. The minimum absolute atomic E-state index is 0.548. The van der Waals surface area contributed by atoms with Gasteiger partial charge in [0, 0.05) is 12.1 Å². The number of aryl methyl sites for hydroxylation is 1. The number of rotatable bonds is 7. The van der Waals surface area contributed by atoms with Crippen molar-refractivity contribution >= 4 is 0 Å². The maximum atomic E-state index is 5.83. The molecule has 16 heavy (non-hydrogen) atoms. The van der Waals surface area contributed by atoms with Crippen molar-refractivity contribution < 1.29 is 4.74 Å². The summed E-state index contributed by atoms with van der Waals surface area (Å²) in [6.45, 7) is 5.64. The molecular formula is C14H23NO. The van der Waals surface area contributed by atoms with Gasteiger partial charge in [-0.3, -0.25) is 0 Å². The lowest BCUT2D eigenvalue weighted by Gasteiger charge is -2.12. The third-order valence-corrected chi connectivity index (χ3v) is 2.76. The van der Waals surface area contributed by atoms with Crippen LogP contribution in [-0.2, 0) is 6.54 Å². The monoisotopic (exact) mass is 221 g/mol. The van der Waals surface area contributed by atoms with E-state index in [0.29, 0.717) is 6.54 Å². The van der Waals surface area contributed by atoms with Crippen LogP contribution in [0.5, 0.6) is 5.75 Å². The average molecular weight is 221 g/mol. The average Bonchev–Trinajstić information content (AvgIpc) is 2.30. The summed E-state index contributed by atoms with van der Waals surface area (Å²) in [4.78, 5) is 0. The third kappa shape index (κ3) is 3.86. The van der Waals surface area contributed by atoms with E-state index in [-0.39, 0.29) is 0 Å². The fourth-order valence-electron chi connectivity index (χ4n) is 1.78. The predicted octanol–water partition coefficient (Wildman–Crippen LogP) is 3.41. The zero-order valence-corrected chi connectivity index (χ0v) is 10.5. The molecule has 2 nitrogen and oxygen atoms in total. The Morgan fingerprint density at radius 1 is 1.19 bits per heavy atom. The van der Waals surface area contributed by atoms with Crippen molar-refractivity contribution in [1.82, 2.24) is 0 Å². The Morgan fingerprint density at radius 3 is 2.69 bits per heavy atom. The molecule has 0 aliphatic carbocycles. The molecule has 0 heterocycles. The van der Waals surface area contributed by atoms with E-state index in [9.17, 15) is 0 Å². The van der Waals surface area contributed by atoms with Crippen molar-refractivity contribution in [1.29, 1.82) is 0 Å². The van der Waals surface area contributed by atoms with Gasteiger partial charge >= 0.3 is 0 Å². The van der Waals surface area contributed by atoms with Gasteiger partial charge in [-0.15, -0.1) is 0 Å². The number of nitrogens with two attached hydrogens (primary N) is 1. The first kappa shape index (κ1) is 13.0. The van der Waals surface area contributed by atoms with Crippen LogP contribution >= 0.6 is 0 Å². The Hall–Kier alpha value is -1.02. The molecule has 0 radical (unpaired) electrons. The van der Waals surface area contributed by atoms with E-state index in [0.717, 1.165) is 24.3 Å². The lowest BCUT2D eigenvalue weighted by atomic mass is 10.1. The molecule has 0 aliphatic rings. The van der Waals surface area contributed by atoms with Gasteiger partial charge in [-0.2, -0.15) is 0 Å². The zero-order valence-electron chi connectivity index (χ0n) is 10.5. The molecule has 0 aliphatic heterocycles. The predicted molar refractivity (Wildman–Crippen MR) is 68.7 cm³/mol. The van der Waals surface area contributed by atoms with E-state index in [1.807, 2.05) is 12.1 Å². The normalized spacial score (nSPS) is 10.4. The highest BCUT2D eigenvalue weighted by molar-refractivity contribution is 5.40. The Balaban J connectivity index is 2.46. The Morgan fingerprint density at radius 2 is 2.00 bits per heavy atom. The third-order valence-electron chi connectivity index (χ3n) is 2.76. The number of ether oxygens (including phenoxy) is 1. The zero-order chi connectivity index (χ0) is 11.8. The largest absolute Gasteiger partial charge is 0.493 e. The highest BCUT2D eigenvalue weighted by Gasteiger charge is 2.04. The van der Waals surface area contributed by atoms with E-state index < -0.39 is 0 Å². The molecule has 0 saturated carbocycles. The fourth-order valence-corrected chi connectivity index (χ4v) is 1.78. The quantitative estimate of drug-likeness (QED) is 0.716. The van der Waals surface area contributed by atoms with E-state index in [4.69, 9.17) is 10.5 Å². The summed E-state index contributed by atoms with van der Waals surface area (Å²) < 4.78 is 5.83. The van der Waals surface area contributed by atoms with Gasteiger partial charge in [-0.05, 0) is 18.9 Å². The van der Waals surface area contributed by atoms with Gasteiger partial charge < -0.3 is 10.5 Å². The molecule has 90 valence electrons. The van der Waals surface area contributed by atoms with Crippen LogP contribution < -0.4 is 10.5 Å². The molecule has 0 unspecified atom stereocenters. The molecule has 0 aromatic heterocycles. The fraction of sp³-hybridized carbons (Fsp3) is 0.571. The molecule has 1 aromatic carbocycles. The van der Waals surface area contributed by atoms with Crippen molar-refractivity contribution in [3.05, 3.63) is 29.3 Å². The van der Waals surface area contributed by atoms with Crippen LogP contribution in [0.2, 0.25) is 0 Å². The number of unbranched alkanes of at least 4 members (excludes halogenated alkanes) is 3.